The first-order chi connectivity index (χ1) is 6.00. The summed E-state index contributed by atoms with van der Waals surface area (Å²) >= 11 is 0. The monoisotopic (exact) mass is 303 g/mol. The van der Waals surface area contributed by atoms with E-state index in [1.54, 1.807) is 0 Å². The molecule has 0 nitrogen and oxygen atoms in total. The molecule has 0 radical (unpaired) electrons. The van der Waals surface area contributed by atoms with Crippen molar-refractivity contribution in [3.05, 3.63) is 0 Å². The van der Waals surface area contributed by atoms with Gasteiger partial charge in [-0.25, -0.2) is 0 Å². The van der Waals surface area contributed by atoms with Gasteiger partial charge in [0.2, 0.25) is 0 Å². The van der Waals surface area contributed by atoms with Crippen LogP contribution in [0.3, 0.4) is 0 Å². The second-order valence-electron chi connectivity index (χ2n) is 1.48. The van der Waals surface area contributed by atoms with Crippen LogP contribution in [0.25, 0.3) is 0 Å². The normalized spacial score (nSPS) is 11.2. The molecule has 0 aliphatic rings. The second kappa shape index (κ2) is 9.62. The van der Waals surface area contributed by atoms with Crippen LogP contribution in [0.4, 0.5) is 51.8 Å². The van der Waals surface area contributed by atoms with E-state index < -0.39 is 21.8 Å². The maximum atomic E-state index is 9.75. The molecule has 0 aliphatic carbocycles. The van der Waals surface area contributed by atoms with Crippen molar-refractivity contribution in [3.63, 3.8) is 0 Å². The van der Waals surface area contributed by atoms with E-state index in [4.69, 9.17) is 0 Å². The topological polar surface area (TPSA) is 0 Å². The van der Waals surface area contributed by atoms with Crippen molar-refractivity contribution >= 4 is 59.5 Å². The Balaban J connectivity index is -0.0000000655. The van der Waals surface area contributed by atoms with Gasteiger partial charge < -0.3 is 51.8 Å². The predicted molar refractivity (Wildman–Crippen MR) is 39.1 cm³/mol. The minimum atomic E-state index is -6.00. The second-order valence-corrected chi connectivity index (χ2v) is 1.48. The molecule has 0 N–H and O–H groups in total. The zero-order valence-electron chi connectivity index (χ0n) is 6.27. The third kappa shape index (κ3) is 7170. The zero-order valence-corrected chi connectivity index (χ0v) is 6.27. The van der Waals surface area contributed by atoms with Gasteiger partial charge in [-0.3, -0.25) is 0 Å². The first-order valence-electron chi connectivity index (χ1n) is 2.62. The fourth-order valence-electron chi connectivity index (χ4n) is 0. The fourth-order valence-corrected chi connectivity index (χ4v) is 0. The van der Waals surface area contributed by atoms with E-state index in [0.717, 1.165) is 0 Å². The Morgan fingerprint density at radius 1 is 0.312 bits per heavy atom. The summed E-state index contributed by atoms with van der Waals surface area (Å²) in [7, 11) is -18.0. The summed E-state index contributed by atoms with van der Waals surface area (Å²) in [5, 5.41) is 0. The van der Waals surface area contributed by atoms with Crippen molar-refractivity contribution in [1.29, 1.82) is 0 Å². The Morgan fingerprint density at radius 2 is 0.312 bits per heavy atom. The molecule has 0 heterocycles. The van der Waals surface area contributed by atoms with Gasteiger partial charge in [0.1, 0.15) is 0 Å². The summed E-state index contributed by atoms with van der Waals surface area (Å²) < 4.78 is 117. The zero-order chi connectivity index (χ0) is 13.5. The van der Waals surface area contributed by atoms with Crippen molar-refractivity contribution < 1.29 is 51.8 Å². The van der Waals surface area contributed by atoms with Crippen LogP contribution in [0.2, 0.25) is 0 Å². The standard InChI is InChI=1S/3BF4.Ca.2H/c3*2-1(3,4)5;;;/q3*-1;;;. The van der Waals surface area contributed by atoms with Crippen molar-refractivity contribution in [2.24, 2.45) is 0 Å². The van der Waals surface area contributed by atoms with Crippen LogP contribution >= 0.6 is 0 Å². The van der Waals surface area contributed by atoms with E-state index in [2.05, 4.69) is 0 Å². The van der Waals surface area contributed by atoms with Gasteiger partial charge in [-0.1, -0.05) is 0 Å². The summed E-state index contributed by atoms with van der Waals surface area (Å²) in [4.78, 5) is 0. The molecule has 16 heavy (non-hydrogen) atoms. The number of hydrogen-bond acceptors (Lipinski definition) is 0. The molecular formula is H2B3CaF12-3. The molecule has 0 fully saturated rings. The van der Waals surface area contributed by atoms with Gasteiger partial charge in [0.05, 0.1) is 0 Å². The van der Waals surface area contributed by atoms with E-state index in [0.29, 0.717) is 0 Å². The summed E-state index contributed by atoms with van der Waals surface area (Å²) in [6.45, 7) is 0. The molecule has 0 unspecified atom stereocenters. The molecule has 0 aromatic rings. The van der Waals surface area contributed by atoms with Crippen molar-refractivity contribution in [2.45, 2.75) is 0 Å². The Labute approximate surface area is 111 Å². The van der Waals surface area contributed by atoms with Gasteiger partial charge in [-0.15, -0.1) is 0 Å². The average Bonchev–Trinajstić information content (AvgIpc) is 1.41. The van der Waals surface area contributed by atoms with E-state index >= 15 is 0 Å². The fraction of sp³-hybridized carbons (Fsp3) is 0. The van der Waals surface area contributed by atoms with Crippen molar-refractivity contribution in [3.8, 4) is 0 Å². The number of rotatable bonds is 0. The van der Waals surface area contributed by atoms with E-state index in [1.165, 1.54) is 0 Å². The third-order valence-electron chi connectivity index (χ3n) is 0. The molecule has 0 aromatic carbocycles. The molecule has 0 spiro atoms. The number of halogens is 12. The Kier molecular flexibility index (Phi) is 15.3. The van der Waals surface area contributed by atoms with Crippen LogP contribution in [-0.2, 0) is 0 Å². The van der Waals surface area contributed by atoms with Crippen molar-refractivity contribution in [2.75, 3.05) is 0 Å². The molecule has 0 rings (SSSR count). The first-order valence-corrected chi connectivity index (χ1v) is 2.62. The van der Waals surface area contributed by atoms with Crippen LogP contribution in [0.5, 0.6) is 0 Å². The van der Waals surface area contributed by atoms with Crippen LogP contribution in [0.1, 0.15) is 0 Å². The molecule has 0 bridgehead atoms. The van der Waals surface area contributed by atoms with E-state index in [9.17, 15) is 51.8 Å². The average molecular weight is 303 g/mol. The van der Waals surface area contributed by atoms with Crippen LogP contribution in [-0.4, -0.2) is 59.5 Å². The molecule has 0 amide bonds. The van der Waals surface area contributed by atoms with Crippen LogP contribution < -0.4 is 0 Å². The van der Waals surface area contributed by atoms with Crippen molar-refractivity contribution in [1.82, 2.24) is 0 Å². The summed E-state index contributed by atoms with van der Waals surface area (Å²) in [6.07, 6.45) is 0. The van der Waals surface area contributed by atoms with Gasteiger partial charge in [0.25, 0.3) is 0 Å². The number of hydrogen-bond donors (Lipinski definition) is 0. The molecular weight excluding hydrogens is 300 g/mol. The molecule has 0 atom stereocenters. The molecule has 100 valence electrons. The molecule has 0 aromatic heterocycles. The van der Waals surface area contributed by atoms with Gasteiger partial charge in [-0.05, 0) is 0 Å². The van der Waals surface area contributed by atoms with E-state index in [1.807, 2.05) is 0 Å². The Morgan fingerprint density at radius 3 is 0.312 bits per heavy atom. The molecule has 0 aliphatic heterocycles. The van der Waals surface area contributed by atoms with Crippen LogP contribution in [0, 0.1) is 0 Å². The summed E-state index contributed by atoms with van der Waals surface area (Å²) in [6, 6.07) is 0. The summed E-state index contributed by atoms with van der Waals surface area (Å²) in [5.74, 6) is 0. The third-order valence-corrected chi connectivity index (χ3v) is 0. The Hall–Kier alpha value is 0.615. The molecule has 0 saturated carbocycles. The van der Waals surface area contributed by atoms with E-state index in [-0.39, 0.29) is 37.7 Å². The van der Waals surface area contributed by atoms with Gasteiger partial charge >= 0.3 is 59.5 Å². The minimum absolute atomic E-state index is 0. The van der Waals surface area contributed by atoms with Crippen LogP contribution in [0.15, 0.2) is 0 Å². The predicted octanol–water partition coefficient (Wildman–Crippen LogP) is 2.98. The molecule has 16 heteroatoms. The first kappa shape index (κ1) is 25.5. The SMILES string of the molecule is F[B-](F)(F)F.F[B-](F)(F)F.F[B-](F)(F)F.[CaH2]. The van der Waals surface area contributed by atoms with Gasteiger partial charge in [-0.2, -0.15) is 0 Å². The van der Waals surface area contributed by atoms with Gasteiger partial charge in [0.15, 0.2) is 0 Å². The Bertz CT molecular complexity index is 91.3. The maximum absolute atomic E-state index is 9.75. The molecule has 0 saturated heterocycles. The van der Waals surface area contributed by atoms with Gasteiger partial charge in [0, 0.05) is 0 Å². The summed E-state index contributed by atoms with van der Waals surface area (Å²) in [5.41, 5.74) is 0. The quantitative estimate of drug-likeness (QED) is 0.477.